The molecule has 2 aromatic heterocycles. The normalized spacial score (nSPS) is 13.4. The van der Waals surface area contributed by atoms with E-state index in [1.807, 2.05) is 0 Å². The van der Waals surface area contributed by atoms with Gasteiger partial charge in [-0.2, -0.15) is 0 Å². The summed E-state index contributed by atoms with van der Waals surface area (Å²) in [5.41, 5.74) is -0.463. The highest BCUT2D eigenvalue weighted by atomic mass is 16.5. The molecular formula is C18H17N3O5. The highest BCUT2D eigenvalue weighted by Gasteiger charge is 2.15. The Morgan fingerprint density at radius 1 is 1.19 bits per heavy atom. The molecular weight excluding hydrogens is 338 g/mol. The maximum atomic E-state index is 12.7. The summed E-state index contributed by atoms with van der Waals surface area (Å²) in [5.74, 6) is 1.62. The molecule has 0 saturated heterocycles. The van der Waals surface area contributed by atoms with Gasteiger partial charge in [-0.3, -0.25) is 14.3 Å². The van der Waals surface area contributed by atoms with Crippen molar-refractivity contribution in [3.63, 3.8) is 0 Å². The van der Waals surface area contributed by atoms with Gasteiger partial charge >= 0.3 is 5.69 Å². The van der Waals surface area contributed by atoms with E-state index in [0.717, 1.165) is 11.0 Å². The van der Waals surface area contributed by atoms with Gasteiger partial charge in [-0.25, -0.2) is 4.79 Å². The van der Waals surface area contributed by atoms with Crippen molar-refractivity contribution in [3.05, 3.63) is 57.5 Å². The van der Waals surface area contributed by atoms with Crippen LogP contribution in [0, 0.1) is 0 Å². The molecule has 1 aliphatic rings. The second kappa shape index (κ2) is 6.91. The number of benzene rings is 1. The number of fused-ring (bicyclic) bond motifs is 2. The van der Waals surface area contributed by atoms with Crippen molar-refractivity contribution in [1.29, 1.82) is 0 Å². The second-order valence-electron chi connectivity index (χ2n) is 5.82. The first kappa shape index (κ1) is 16.2. The number of aromatic nitrogens is 3. The Balaban J connectivity index is 1.65. The van der Waals surface area contributed by atoms with Crippen molar-refractivity contribution < 1.29 is 14.2 Å². The average Bonchev–Trinajstić information content (AvgIpc) is 2.89. The molecule has 0 radical (unpaired) electrons. The van der Waals surface area contributed by atoms with Crippen LogP contribution in [-0.2, 0) is 6.54 Å². The molecule has 0 amide bonds. The van der Waals surface area contributed by atoms with Gasteiger partial charge in [-0.05, 0) is 18.2 Å². The van der Waals surface area contributed by atoms with Crippen molar-refractivity contribution in [2.45, 2.75) is 13.0 Å². The maximum Gasteiger partial charge on any atom is 0.328 e. The minimum absolute atomic E-state index is 0.118. The molecule has 26 heavy (non-hydrogen) atoms. The van der Waals surface area contributed by atoms with E-state index in [1.165, 1.54) is 0 Å². The van der Waals surface area contributed by atoms with Crippen LogP contribution in [-0.4, -0.2) is 34.4 Å². The van der Waals surface area contributed by atoms with Crippen LogP contribution < -0.4 is 25.5 Å². The lowest BCUT2D eigenvalue weighted by Gasteiger charge is -2.11. The van der Waals surface area contributed by atoms with Gasteiger partial charge in [0.2, 0.25) is 0 Å². The average molecular weight is 355 g/mol. The Hall–Kier alpha value is -3.29. The van der Waals surface area contributed by atoms with Crippen LogP contribution in [0.3, 0.4) is 0 Å². The fourth-order valence-corrected chi connectivity index (χ4v) is 2.80. The molecule has 0 aliphatic carbocycles. The molecule has 8 nitrogen and oxygen atoms in total. The highest BCUT2D eigenvalue weighted by Crippen LogP contribution is 2.32. The van der Waals surface area contributed by atoms with E-state index in [0.29, 0.717) is 41.4 Å². The molecule has 1 N–H and O–H groups in total. The Morgan fingerprint density at radius 2 is 2.00 bits per heavy atom. The molecule has 0 unspecified atom stereocenters. The lowest BCUT2D eigenvalue weighted by Crippen LogP contribution is -2.36. The van der Waals surface area contributed by atoms with E-state index >= 15 is 0 Å². The van der Waals surface area contributed by atoms with Gasteiger partial charge in [0, 0.05) is 18.7 Å². The molecule has 0 saturated carbocycles. The number of aromatic amines is 1. The number of ether oxygens (including phenoxy) is 3. The van der Waals surface area contributed by atoms with E-state index in [2.05, 4.69) is 9.97 Å². The van der Waals surface area contributed by atoms with Gasteiger partial charge < -0.3 is 19.2 Å². The van der Waals surface area contributed by atoms with Gasteiger partial charge in [0.25, 0.3) is 5.56 Å². The fraction of sp³-hybridized carbons (Fsp3) is 0.278. The molecule has 134 valence electrons. The van der Waals surface area contributed by atoms with E-state index in [4.69, 9.17) is 14.2 Å². The van der Waals surface area contributed by atoms with E-state index in [-0.39, 0.29) is 13.2 Å². The van der Waals surface area contributed by atoms with Gasteiger partial charge in [-0.1, -0.05) is 0 Å². The molecule has 1 aromatic carbocycles. The number of nitrogens with zero attached hydrogens (tertiary/aromatic N) is 2. The number of H-pyrrole nitrogens is 1. The highest BCUT2D eigenvalue weighted by molar-refractivity contribution is 5.81. The zero-order valence-electron chi connectivity index (χ0n) is 13.9. The van der Waals surface area contributed by atoms with Gasteiger partial charge in [0.05, 0.1) is 36.9 Å². The number of hydrogen-bond acceptors (Lipinski definition) is 6. The van der Waals surface area contributed by atoms with Crippen LogP contribution in [0.4, 0.5) is 0 Å². The number of rotatable bonds is 4. The van der Waals surface area contributed by atoms with Crippen LogP contribution in [0.25, 0.3) is 10.9 Å². The van der Waals surface area contributed by atoms with Crippen LogP contribution in [0.5, 0.6) is 17.2 Å². The standard InChI is InChI=1S/C18H17N3O5/c22-17-13-9-15-16(26-7-2-6-25-15)10-14(13)20-18(23)21(17)5-8-24-12-3-1-4-19-11-12/h1,3-4,9-11H,2,5-8H2,(H,20,23). The Morgan fingerprint density at radius 3 is 2.77 bits per heavy atom. The summed E-state index contributed by atoms with van der Waals surface area (Å²) >= 11 is 0. The third-order valence-electron chi connectivity index (χ3n) is 4.07. The van der Waals surface area contributed by atoms with E-state index < -0.39 is 11.2 Å². The van der Waals surface area contributed by atoms with E-state index in [1.54, 1.807) is 36.7 Å². The van der Waals surface area contributed by atoms with E-state index in [9.17, 15) is 9.59 Å². The molecule has 0 atom stereocenters. The van der Waals surface area contributed by atoms with Crippen LogP contribution >= 0.6 is 0 Å². The first-order chi connectivity index (χ1) is 12.7. The third-order valence-corrected chi connectivity index (χ3v) is 4.07. The van der Waals surface area contributed by atoms with Crippen LogP contribution in [0.15, 0.2) is 46.2 Å². The Bertz CT molecular complexity index is 1040. The molecule has 4 rings (SSSR count). The Labute approximate surface area is 148 Å². The molecule has 3 aromatic rings. The predicted molar refractivity (Wildman–Crippen MR) is 94.2 cm³/mol. The smallest absolute Gasteiger partial charge is 0.328 e. The van der Waals surface area contributed by atoms with Gasteiger partial charge in [0.1, 0.15) is 12.4 Å². The number of hydrogen-bond donors (Lipinski definition) is 1. The summed E-state index contributed by atoms with van der Waals surface area (Å²) in [6, 6.07) is 6.76. The zero-order valence-corrected chi connectivity index (χ0v) is 13.9. The summed E-state index contributed by atoms with van der Waals surface area (Å²) in [6.45, 7) is 1.35. The molecule has 3 heterocycles. The van der Waals surface area contributed by atoms with Crippen LogP contribution in [0.2, 0.25) is 0 Å². The predicted octanol–water partition coefficient (Wildman–Crippen LogP) is 1.33. The fourth-order valence-electron chi connectivity index (χ4n) is 2.80. The molecule has 0 bridgehead atoms. The minimum Gasteiger partial charge on any atom is -0.490 e. The summed E-state index contributed by atoms with van der Waals surface area (Å²) in [7, 11) is 0. The largest absolute Gasteiger partial charge is 0.490 e. The maximum absolute atomic E-state index is 12.7. The minimum atomic E-state index is -0.494. The molecule has 0 fully saturated rings. The van der Waals surface area contributed by atoms with Crippen molar-refractivity contribution in [2.75, 3.05) is 19.8 Å². The topological polar surface area (TPSA) is 95.4 Å². The number of nitrogens with one attached hydrogen (secondary N) is 1. The monoisotopic (exact) mass is 355 g/mol. The zero-order chi connectivity index (χ0) is 17.9. The molecule has 1 aliphatic heterocycles. The van der Waals surface area contributed by atoms with Crippen molar-refractivity contribution in [3.8, 4) is 17.2 Å². The van der Waals surface area contributed by atoms with Gasteiger partial charge in [0.15, 0.2) is 11.5 Å². The molecule has 8 heteroatoms. The van der Waals surface area contributed by atoms with Crippen molar-refractivity contribution >= 4 is 10.9 Å². The first-order valence-electron chi connectivity index (χ1n) is 8.32. The summed E-state index contributed by atoms with van der Waals surface area (Å²) < 4.78 is 17.9. The van der Waals surface area contributed by atoms with Gasteiger partial charge in [-0.15, -0.1) is 0 Å². The summed E-state index contributed by atoms with van der Waals surface area (Å²) in [6.07, 6.45) is 3.97. The lowest BCUT2D eigenvalue weighted by atomic mass is 10.2. The number of pyridine rings is 1. The lowest BCUT2D eigenvalue weighted by molar-refractivity contribution is 0.293. The summed E-state index contributed by atoms with van der Waals surface area (Å²) in [4.78, 5) is 31.7. The third kappa shape index (κ3) is 3.13. The van der Waals surface area contributed by atoms with Crippen molar-refractivity contribution in [2.24, 2.45) is 0 Å². The van der Waals surface area contributed by atoms with Crippen LogP contribution in [0.1, 0.15) is 6.42 Å². The summed E-state index contributed by atoms with van der Waals surface area (Å²) in [5, 5.41) is 0.371. The van der Waals surface area contributed by atoms with Crippen molar-refractivity contribution in [1.82, 2.24) is 14.5 Å². The Kier molecular flexibility index (Phi) is 4.30. The SMILES string of the molecule is O=c1[nH]c2cc3c(cc2c(=O)n1CCOc1cccnc1)OCCCO3. The first-order valence-corrected chi connectivity index (χ1v) is 8.32. The second-order valence-corrected chi connectivity index (χ2v) is 5.82. The molecule has 0 spiro atoms. The quantitative estimate of drug-likeness (QED) is 0.758.